The van der Waals surface area contributed by atoms with E-state index in [-0.39, 0.29) is 5.91 Å². The molecule has 7 heteroatoms. The molecule has 0 radical (unpaired) electrons. The van der Waals surface area contributed by atoms with Gasteiger partial charge in [-0.05, 0) is 25.0 Å². The lowest BCUT2D eigenvalue weighted by Gasteiger charge is -2.23. The van der Waals surface area contributed by atoms with E-state index in [1.807, 2.05) is 0 Å². The van der Waals surface area contributed by atoms with Crippen molar-refractivity contribution in [3.8, 4) is 11.5 Å². The Balaban J connectivity index is 1.89. The van der Waals surface area contributed by atoms with Crippen molar-refractivity contribution in [3.63, 3.8) is 0 Å². The molecule has 0 spiro atoms. The number of ether oxygens (including phenoxy) is 3. The molecule has 1 aromatic rings. The molecule has 124 valence electrons. The van der Waals surface area contributed by atoms with Crippen LogP contribution < -0.4 is 9.47 Å². The van der Waals surface area contributed by atoms with Gasteiger partial charge in [-0.25, -0.2) is 4.79 Å². The van der Waals surface area contributed by atoms with Gasteiger partial charge in [-0.3, -0.25) is 4.79 Å². The highest BCUT2D eigenvalue weighted by molar-refractivity contribution is 6.32. The Morgan fingerprint density at radius 1 is 1.26 bits per heavy atom. The summed E-state index contributed by atoms with van der Waals surface area (Å²) in [5, 5.41) is 0.335. The first-order chi connectivity index (χ1) is 11.1. The topological polar surface area (TPSA) is 65.1 Å². The molecule has 0 N–H and O–H groups in total. The van der Waals surface area contributed by atoms with Crippen LogP contribution in [0.4, 0.5) is 0 Å². The minimum Gasteiger partial charge on any atom is -0.489 e. The van der Waals surface area contributed by atoms with Gasteiger partial charge >= 0.3 is 5.97 Å². The molecule has 1 saturated heterocycles. The molecule has 2 aliphatic rings. The van der Waals surface area contributed by atoms with Crippen LogP contribution in [0.15, 0.2) is 12.1 Å². The zero-order valence-corrected chi connectivity index (χ0v) is 13.6. The van der Waals surface area contributed by atoms with Crippen LogP contribution in [0.3, 0.4) is 0 Å². The van der Waals surface area contributed by atoms with E-state index in [2.05, 4.69) is 0 Å². The Morgan fingerprint density at radius 2 is 2.04 bits per heavy atom. The third-order valence-electron chi connectivity index (χ3n) is 4.04. The first-order valence-electron chi connectivity index (χ1n) is 7.59. The summed E-state index contributed by atoms with van der Waals surface area (Å²) in [6, 6.07) is 2.65. The molecular formula is C16H18ClNO5. The fraction of sp³-hybridized carbons (Fsp3) is 0.500. The molecule has 1 fully saturated rings. The zero-order chi connectivity index (χ0) is 16.4. The van der Waals surface area contributed by atoms with E-state index < -0.39 is 12.0 Å². The predicted octanol–water partition coefficient (Wildman–Crippen LogP) is 2.28. The molecule has 6 nitrogen and oxygen atoms in total. The van der Waals surface area contributed by atoms with Crippen LogP contribution in [0.2, 0.25) is 5.02 Å². The summed E-state index contributed by atoms with van der Waals surface area (Å²) in [4.78, 5) is 26.1. The zero-order valence-electron chi connectivity index (χ0n) is 12.8. The Kier molecular flexibility index (Phi) is 4.61. The lowest BCUT2D eigenvalue weighted by atomic mass is 10.1. The Bertz CT molecular complexity index is 633. The molecule has 1 unspecified atom stereocenters. The van der Waals surface area contributed by atoms with E-state index >= 15 is 0 Å². The van der Waals surface area contributed by atoms with E-state index in [1.165, 1.54) is 12.0 Å². The van der Waals surface area contributed by atoms with Crippen molar-refractivity contribution in [2.75, 3.05) is 26.9 Å². The molecule has 0 bridgehead atoms. The summed E-state index contributed by atoms with van der Waals surface area (Å²) in [6.07, 6.45) is 2.13. The van der Waals surface area contributed by atoms with E-state index in [4.69, 9.17) is 25.8 Å². The minimum atomic E-state index is -0.540. The van der Waals surface area contributed by atoms with Crippen molar-refractivity contribution in [2.45, 2.75) is 25.3 Å². The lowest BCUT2D eigenvalue weighted by Crippen LogP contribution is -2.41. The average Bonchev–Trinajstić information content (AvgIpc) is 2.92. The molecule has 0 saturated carbocycles. The maximum atomic E-state index is 12.8. The smallest absolute Gasteiger partial charge is 0.328 e. The number of carbonyl (C=O) groups is 2. The number of rotatable bonds is 2. The molecule has 2 aliphatic heterocycles. The second-order valence-electron chi connectivity index (χ2n) is 5.52. The molecule has 0 aromatic heterocycles. The maximum absolute atomic E-state index is 12.8. The number of nitrogens with zero attached hydrogens (tertiary/aromatic N) is 1. The van der Waals surface area contributed by atoms with Crippen molar-refractivity contribution in [1.29, 1.82) is 0 Å². The van der Waals surface area contributed by atoms with Crippen molar-refractivity contribution in [1.82, 2.24) is 4.90 Å². The van der Waals surface area contributed by atoms with Gasteiger partial charge in [-0.15, -0.1) is 0 Å². The standard InChI is InChI=1S/C16H18ClNO5/c1-21-16(20)12-4-2-5-18(12)15(19)10-8-11(17)14-13(9-10)22-6-3-7-23-14/h8-9,12H,2-7H2,1H3. The summed E-state index contributed by atoms with van der Waals surface area (Å²) < 4.78 is 15.9. The van der Waals surface area contributed by atoms with E-state index in [1.54, 1.807) is 12.1 Å². The van der Waals surface area contributed by atoms with Gasteiger partial charge in [-0.1, -0.05) is 11.6 Å². The van der Waals surface area contributed by atoms with Gasteiger partial charge in [0.1, 0.15) is 6.04 Å². The quantitative estimate of drug-likeness (QED) is 0.773. The van der Waals surface area contributed by atoms with Crippen LogP contribution in [-0.2, 0) is 9.53 Å². The largest absolute Gasteiger partial charge is 0.489 e. The van der Waals surface area contributed by atoms with Gasteiger partial charge in [0.15, 0.2) is 11.5 Å². The summed E-state index contributed by atoms with van der Waals surface area (Å²) in [5.41, 5.74) is 0.384. The Hall–Kier alpha value is -1.95. The molecule has 0 aliphatic carbocycles. The number of halogens is 1. The van der Waals surface area contributed by atoms with E-state index in [9.17, 15) is 9.59 Å². The van der Waals surface area contributed by atoms with Crippen LogP contribution in [0, 0.1) is 0 Å². The highest BCUT2D eigenvalue weighted by Gasteiger charge is 2.35. The van der Waals surface area contributed by atoms with Gasteiger partial charge in [0.25, 0.3) is 5.91 Å². The molecular weight excluding hydrogens is 322 g/mol. The van der Waals surface area contributed by atoms with Gasteiger partial charge in [0.2, 0.25) is 0 Å². The number of hydrogen-bond acceptors (Lipinski definition) is 5. The van der Waals surface area contributed by atoms with Gasteiger partial charge in [0, 0.05) is 18.5 Å². The molecule has 1 amide bonds. The predicted molar refractivity (Wildman–Crippen MR) is 83.1 cm³/mol. The van der Waals surface area contributed by atoms with Crippen LogP contribution in [-0.4, -0.2) is 49.7 Å². The van der Waals surface area contributed by atoms with E-state index in [0.717, 1.165) is 12.8 Å². The second-order valence-corrected chi connectivity index (χ2v) is 5.92. The number of benzene rings is 1. The number of esters is 1. The molecule has 1 atom stereocenters. The SMILES string of the molecule is COC(=O)C1CCCN1C(=O)c1cc(Cl)c2c(c1)OCCCO2. The van der Waals surface area contributed by atoms with Gasteiger partial charge < -0.3 is 19.1 Å². The van der Waals surface area contributed by atoms with Crippen molar-refractivity contribution in [2.24, 2.45) is 0 Å². The maximum Gasteiger partial charge on any atom is 0.328 e. The minimum absolute atomic E-state index is 0.254. The number of fused-ring (bicyclic) bond motifs is 1. The third-order valence-corrected chi connectivity index (χ3v) is 4.32. The Labute approximate surface area is 139 Å². The van der Waals surface area contributed by atoms with Crippen LogP contribution in [0.5, 0.6) is 11.5 Å². The Morgan fingerprint density at radius 3 is 2.83 bits per heavy atom. The van der Waals surface area contributed by atoms with Crippen LogP contribution in [0.25, 0.3) is 0 Å². The summed E-state index contributed by atoms with van der Waals surface area (Å²) in [5.74, 6) is 0.283. The van der Waals surface area contributed by atoms with Crippen LogP contribution >= 0.6 is 11.6 Å². The number of methoxy groups -OCH3 is 1. The van der Waals surface area contributed by atoms with Gasteiger partial charge in [0.05, 0.1) is 25.3 Å². The fourth-order valence-electron chi connectivity index (χ4n) is 2.91. The summed E-state index contributed by atoms with van der Waals surface area (Å²) in [7, 11) is 1.33. The average molecular weight is 340 g/mol. The molecule has 2 heterocycles. The number of carbonyl (C=O) groups excluding carboxylic acids is 2. The molecule has 23 heavy (non-hydrogen) atoms. The van der Waals surface area contributed by atoms with E-state index in [0.29, 0.717) is 48.3 Å². The first-order valence-corrected chi connectivity index (χ1v) is 7.97. The lowest BCUT2D eigenvalue weighted by molar-refractivity contribution is -0.145. The first kappa shape index (κ1) is 15.9. The molecule has 1 aromatic carbocycles. The van der Waals surface area contributed by atoms with Crippen molar-refractivity contribution >= 4 is 23.5 Å². The normalized spacial score (nSPS) is 20.1. The highest BCUT2D eigenvalue weighted by atomic mass is 35.5. The van der Waals surface area contributed by atoms with Crippen molar-refractivity contribution < 1.29 is 23.8 Å². The van der Waals surface area contributed by atoms with Gasteiger partial charge in [-0.2, -0.15) is 0 Å². The second kappa shape index (κ2) is 6.66. The highest BCUT2D eigenvalue weighted by Crippen LogP contribution is 2.38. The number of hydrogen-bond donors (Lipinski definition) is 0. The van der Waals surface area contributed by atoms with Crippen molar-refractivity contribution in [3.05, 3.63) is 22.7 Å². The summed E-state index contributed by atoms with van der Waals surface area (Å²) in [6.45, 7) is 1.55. The number of amides is 1. The monoisotopic (exact) mass is 339 g/mol. The fourth-order valence-corrected chi connectivity index (χ4v) is 3.18. The van der Waals surface area contributed by atoms with Crippen LogP contribution in [0.1, 0.15) is 29.6 Å². The number of likely N-dealkylation sites (tertiary alicyclic amines) is 1. The third kappa shape index (κ3) is 3.08. The summed E-state index contributed by atoms with van der Waals surface area (Å²) >= 11 is 6.23. The molecule has 3 rings (SSSR count).